The van der Waals surface area contributed by atoms with Crippen molar-refractivity contribution in [2.24, 2.45) is 28.6 Å². The average Bonchev–Trinajstić information content (AvgIpc) is 3.06. The van der Waals surface area contributed by atoms with Crippen LogP contribution in [0.3, 0.4) is 0 Å². The molecule has 1 aromatic rings. The van der Waals surface area contributed by atoms with Crippen LogP contribution in [0.15, 0.2) is 41.7 Å². The highest BCUT2D eigenvalue weighted by molar-refractivity contribution is 5.72. The number of nitrogens with zero attached hydrogens (tertiary/aromatic N) is 2. The second kappa shape index (κ2) is 6.29. The molecule has 0 amide bonds. The summed E-state index contributed by atoms with van der Waals surface area (Å²) in [5, 5.41) is 20.2. The topological polar surface area (TPSA) is 56.9 Å². The van der Waals surface area contributed by atoms with E-state index in [0.717, 1.165) is 31.3 Å². The van der Waals surface area contributed by atoms with Gasteiger partial charge in [0, 0.05) is 18.0 Å². The number of rotatable bonds is 1. The lowest BCUT2D eigenvalue weighted by Gasteiger charge is -2.58. The van der Waals surface area contributed by atoms with E-state index in [1.807, 2.05) is 18.5 Å². The van der Waals surface area contributed by atoms with Crippen molar-refractivity contribution in [3.05, 3.63) is 47.3 Å². The largest absolute Gasteiger partial charge is 0.393 e. The van der Waals surface area contributed by atoms with E-state index >= 15 is 0 Å². The zero-order valence-corrected chi connectivity index (χ0v) is 17.0. The van der Waals surface area contributed by atoms with Crippen molar-refractivity contribution in [3.63, 3.8) is 0 Å². The Balaban J connectivity index is 1.53. The summed E-state index contributed by atoms with van der Waals surface area (Å²) >= 11 is 0. The lowest BCUT2D eigenvalue weighted by molar-refractivity contribution is -0.0257. The molecule has 1 aromatic heterocycles. The number of aromatic nitrogens is 1. The molecule has 0 saturated heterocycles. The van der Waals surface area contributed by atoms with E-state index < -0.39 is 0 Å². The first-order chi connectivity index (χ1) is 13.5. The maximum atomic E-state index is 10.3. The third kappa shape index (κ3) is 2.40. The number of allylic oxidation sites excluding steroid dienone is 3. The molecular weight excluding hydrogens is 344 g/mol. The zero-order valence-electron chi connectivity index (χ0n) is 17.0. The first-order valence-electron chi connectivity index (χ1n) is 10.9. The minimum absolute atomic E-state index is 0.103. The molecule has 146 valence electrons. The molecule has 0 aromatic carbocycles. The Kier molecular flexibility index (Phi) is 4.07. The van der Waals surface area contributed by atoms with Crippen LogP contribution in [0, 0.1) is 39.9 Å². The number of pyridine rings is 1. The summed E-state index contributed by atoms with van der Waals surface area (Å²) in [5.74, 6) is 1.82. The Labute approximate surface area is 168 Å². The summed E-state index contributed by atoms with van der Waals surface area (Å²) < 4.78 is 0. The van der Waals surface area contributed by atoms with Crippen molar-refractivity contribution >= 4 is 5.57 Å². The lowest BCUT2D eigenvalue weighted by Crippen LogP contribution is -2.50. The summed E-state index contributed by atoms with van der Waals surface area (Å²) in [6.07, 6.45) is 13.1. The van der Waals surface area contributed by atoms with Crippen LogP contribution in [0.4, 0.5) is 0 Å². The first-order valence-corrected chi connectivity index (χ1v) is 10.9. The number of aliphatic hydroxyl groups excluding tert-OH is 1. The highest BCUT2D eigenvalue weighted by Crippen LogP contribution is 2.67. The van der Waals surface area contributed by atoms with Crippen LogP contribution in [0.2, 0.25) is 0 Å². The second-order valence-electron chi connectivity index (χ2n) is 10.0. The normalized spacial score (nSPS) is 42.1. The highest BCUT2D eigenvalue weighted by atomic mass is 16.3. The molecule has 3 nitrogen and oxygen atoms in total. The molecule has 4 aliphatic rings. The molecule has 28 heavy (non-hydrogen) atoms. The molecule has 1 heterocycles. The molecule has 0 spiro atoms. The summed E-state index contributed by atoms with van der Waals surface area (Å²) in [6, 6.07) is 6.79. The molecule has 0 radical (unpaired) electrons. The van der Waals surface area contributed by atoms with Crippen LogP contribution in [-0.2, 0) is 0 Å². The van der Waals surface area contributed by atoms with Gasteiger partial charge in [0.25, 0.3) is 0 Å². The van der Waals surface area contributed by atoms with Gasteiger partial charge in [0.2, 0.25) is 0 Å². The van der Waals surface area contributed by atoms with Gasteiger partial charge in [-0.1, -0.05) is 26.0 Å². The van der Waals surface area contributed by atoms with E-state index in [4.69, 9.17) is 0 Å². The molecule has 0 bridgehead atoms. The van der Waals surface area contributed by atoms with Crippen molar-refractivity contribution < 1.29 is 5.11 Å². The molecule has 1 unspecified atom stereocenters. The van der Waals surface area contributed by atoms with Crippen molar-refractivity contribution in [3.8, 4) is 6.07 Å². The van der Waals surface area contributed by atoms with Crippen LogP contribution in [0.1, 0.15) is 64.4 Å². The third-order valence-electron chi connectivity index (χ3n) is 8.87. The Morgan fingerprint density at radius 3 is 2.71 bits per heavy atom. The maximum absolute atomic E-state index is 10.3. The van der Waals surface area contributed by atoms with Crippen LogP contribution in [-0.4, -0.2) is 16.2 Å². The monoisotopic (exact) mass is 374 g/mol. The van der Waals surface area contributed by atoms with E-state index in [1.54, 1.807) is 0 Å². The summed E-state index contributed by atoms with van der Waals surface area (Å²) in [5.41, 5.74) is 5.31. The fourth-order valence-electron chi connectivity index (χ4n) is 7.44. The third-order valence-corrected chi connectivity index (χ3v) is 8.87. The molecule has 6 atom stereocenters. The smallest absolute Gasteiger partial charge is 0.0946 e. The van der Waals surface area contributed by atoms with Crippen molar-refractivity contribution in [2.45, 2.75) is 64.9 Å². The Morgan fingerprint density at radius 1 is 1.14 bits per heavy atom. The van der Waals surface area contributed by atoms with Gasteiger partial charge in [-0.3, -0.25) is 4.98 Å². The average molecular weight is 375 g/mol. The molecule has 1 N–H and O–H groups in total. The van der Waals surface area contributed by atoms with Gasteiger partial charge in [0.1, 0.15) is 0 Å². The Bertz CT molecular complexity index is 895. The van der Waals surface area contributed by atoms with E-state index in [2.05, 4.69) is 37.0 Å². The van der Waals surface area contributed by atoms with Gasteiger partial charge in [-0.25, -0.2) is 0 Å². The molecule has 2 saturated carbocycles. The first kappa shape index (κ1) is 18.1. The van der Waals surface area contributed by atoms with Gasteiger partial charge in [-0.05, 0) is 96.3 Å². The van der Waals surface area contributed by atoms with E-state index in [-0.39, 0.29) is 16.9 Å². The predicted molar refractivity (Wildman–Crippen MR) is 110 cm³/mol. The van der Waals surface area contributed by atoms with Crippen molar-refractivity contribution in [2.75, 3.05) is 0 Å². The minimum Gasteiger partial charge on any atom is -0.393 e. The number of nitriles is 1. The SMILES string of the molecule is C[C@]12CCC(O)CC1=C(C#N)C[C@@H]1[C@H]2CC[C@]2(C)C(c3cccnc3)=CC[C@@H]12. The fourth-order valence-corrected chi connectivity index (χ4v) is 7.44. The van der Waals surface area contributed by atoms with Gasteiger partial charge < -0.3 is 5.11 Å². The Hall–Kier alpha value is -1.92. The quantitative estimate of drug-likeness (QED) is 0.726. The number of hydrogen-bond donors (Lipinski definition) is 1. The molecule has 3 heteroatoms. The molecule has 4 aliphatic carbocycles. The number of hydrogen-bond acceptors (Lipinski definition) is 3. The highest BCUT2D eigenvalue weighted by Gasteiger charge is 2.58. The number of fused-ring (bicyclic) bond motifs is 5. The van der Waals surface area contributed by atoms with Gasteiger partial charge in [0.05, 0.1) is 12.2 Å². The van der Waals surface area contributed by atoms with E-state index in [0.29, 0.717) is 24.2 Å². The van der Waals surface area contributed by atoms with E-state index in [9.17, 15) is 10.4 Å². The summed E-state index contributed by atoms with van der Waals surface area (Å²) in [4.78, 5) is 4.36. The van der Waals surface area contributed by atoms with Crippen LogP contribution in [0.5, 0.6) is 0 Å². The fraction of sp³-hybridized carbons (Fsp3) is 0.600. The maximum Gasteiger partial charge on any atom is 0.0946 e. The molecule has 0 aliphatic heterocycles. The van der Waals surface area contributed by atoms with Crippen molar-refractivity contribution in [1.82, 2.24) is 4.98 Å². The van der Waals surface area contributed by atoms with E-state index in [1.165, 1.54) is 29.6 Å². The standard InChI is InChI=1S/C25H30N2O/c1-24-10-8-22-19(21(24)6-5-20(24)16-4-3-11-27-15-16)12-17(14-26)23-13-18(28)7-9-25(22,23)2/h3-5,11,15,18-19,21-22,28H,6-10,12-13H2,1-2H3/t18?,19-,21-,22+,24+,25+/m0/s1. The van der Waals surface area contributed by atoms with Crippen LogP contribution >= 0.6 is 0 Å². The summed E-state index contributed by atoms with van der Waals surface area (Å²) in [6.45, 7) is 4.85. The minimum atomic E-state index is -0.262. The van der Waals surface area contributed by atoms with Gasteiger partial charge in [-0.15, -0.1) is 0 Å². The van der Waals surface area contributed by atoms with Crippen LogP contribution in [0.25, 0.3) is 5.57 Å². The summed E-state index contributed by atoms with van der Waals surface area (Å²) in [7, 11) is 0. The van der Waals surface area contributed by atoms with Gasteiger partial charge in [0.15, 0.2) is 0 Å². The number of aliphatic hydroxyl groups is 1. The van der Waals surface area contributed by atoms with Gasteiger partial charge in [-0.2, -0.15) is 5.26 Å². The second-order valence-corrected chi connectivity index (χ2v) is 10.0. The Morgan fingerprint density at radius 2 is 1.96 bits per heavy atom. The molecule has 2 fully saturated rings. The predicted octanol–water partition coefficient (Wildman–Crippen LogP) is 5.29. The van der Waals surface area contributed by atoms with Crippen molar-refractivity contribution in [1.29, 1.82) is 5.26 Å². The van der Waals surface area contributed by atoms with Gasteiger partial charge >= 0.3 is 0 Å². The lowest BCUT2D eigenvalue weighted by atomic mass is 9.46. The molecular formula is C25H30N2O. The zero-order chi connectivity index (χ0) is 19.5. The van der Waals surface area contributed by atoms with Crippen LogP contribution < -0.4 is 0 Å². The molecule has 5 rings (SSSR count).